The van der Waals surface area contributed by atoms with E-state index in [4.69, 9.17) is 4.98 Å². The highest BCUT2D eigenvalue weighted by Gasteiger charge is 2.14. The predicted molar refractivity (Wildman–Crippen MR) is 92.5 cm³/mol. The van der Waals surface area contributed by atoms with Crippen LogP contribution in [0, 0.1) is 0 Å². The fourth-order valence-electron chi connectivity index (χ4n) is 2.83. The molecule has 5 nitrogen and oxygen atoms in total. The van der Waals surface area contributed by atoms with E-state index >= 15 is 0 Å². The minimum Gasteiger partial charge on any atom is -0.323 e. The van der Waals surface area contributed by atoms with Crippen molar-refractivity contribution in [2.75, 3.05) is 0 Å². The Morgan fingerprint density at radius 3 is 2.96 bits per heavy atom. The first-order valence-corrected chi connectivity index (χ1v) is 8.65. The molecule has 0 aliphatic carbocycles. The zero-order valence-corrected chi connectivity index (χ0v) is 13.7. The Morgan fingerprint density at radius 1 is 1.17 bits per heavy atom. The summed E-state index contributed by atoms with van der Waals surface area (Å²) in [5.74, 6) is 2.00. The van der Waals surface area contributed by atoms with Crippen LogP contribution in [0.5, 0.6) is 0 Å². The minimum atomic E-state index is 0.696. The highest BCUT2D eigenvalue weighted by molar-refractivity contribution is 7.08. The summed E-state index contributed by atoms with van der Waals surface area (Å²) in [6.07, 6.45) is 6.73. The maximum atomic E-state index is 4.78. The highest BCUT2D eigenvalue weighted by Crippen LogP contribution is 2.22. The van der Waals surface area contributed by atoms with Gasteiger partial charge in [-0.1, -0.05) is 6.92 Å². The van der Waals surface area contributed by atoms with Crippen LogP contribution in [0.2, 0.25) is 0 Å². The molecule has 6 heteroatoms. The normalized spacial score (nSPS) is 11.3. The standard InChI is InChI=1S/C17H17N5S/c1-2-8-22-15(20-14-4-3-6-18-17(14)22)11-21-9-7-19-16(21)13-5-10-23-12-13/h3-7,9-10,12H,2,8,11H2,1H3. The van der Waals surface area contributed by atoms with Gasteiger partial charge in [-0.3, -0.25) is 0 Å². The number of aryl methyl sites for hydroxylation is 1. The molecule has 0 aliphatic heterocycles. The van der Waals surface area contributed by atoms with Gasteiger partial charge in [0, 0.05) is 36.1 Å². The van der Waals surface area contributed by atoms with Gasteiger partial charge in [0.1, 0.15) is 17.2 Å². The molecule has 4 heterocycles. The van der Waals surface area contributed by atoms with Crippen molar-refractivity contribution >= 4 is 22.5 Å². The quantitative estimate of drug-likeness (QED) is 0.561. The summed E-state index contributed by atoms with van der Waals surface area (Å²) in [5, 5.41) is 4.19. The summed E-state index contributed by atoms with van der Waals surface area (Å²) in [4.78, 5) is 13.8. The molecule has 0 fully saturated rings. The summed E-state index contributed by atoms with van der Waals surface area (Å²) in [5.41, 5.74) is 3.06. The van der Waals surface area contributed by atoms with Crippen molar-refractivity contribution in [2.45, 2.75) is 26.4 Å². The van der Waals surface area contributed by atoms with Gasteiger partial charge < -0.3 is 9.13 Å². The molecule has 4 aromatic rings. The van der Waals surface area contributed by atoms with Crippen LogP contribution < -0.4 is 0 Å². The van der Waals surface area contributed by atoms with Crippen LogP contribution in [0.3, 0.4) is 0 Å². The number of thiophene rings is 1. The number of pyridine rings is 1. The second kappa shape index (κ2) is 5.96. The molecule has 23 heavy (non-hydrogen) atoms. The number of aromatic nitrogens is 5. The van der Waals surface area contributed by atoms with Crippen molar-refractivity contribution in [2.24, 2.45) is 0 Å². The van der Waals surface area contributed by atoms with Crippen molar-refractivity contribution in [3.05, 3.63) is 53.4 Å². The third-order valence-corrected chi connectivity index (χ3v) is 4.52. The van der Waals surface area contributed by atoms with E-state index in [1.165, 1.54) is 0 Å². The van der Waals surface area contributed by atoms with Gasteiger partial charge in [-0.2, -0.15) is 11.3 Å². The van der Waals surface area contributed by atoms with E-state index in [-0.39, 0.29) is 0 Å². The van der Waals surface area contributed by atoms with Crippen molar-refractivity contribution in [3.8, 4) is 11.4 Å². The van der Waals surface area contributed by atoms with Crippen molar-refractivity contribution < 1.29 is 0 Å². The zero-order chi connectivity index (χ0) is 15.6. The monoisotopic (exact) mass is 323 g/mol. The van der Waals surface area contributed by atoms with E-state index in [2.05, 4.69) is 42.9 Å². The molecule has 0 unspecified atom stereocenters. The predicted octanol–water partition coefficient (Wildman–Crippen LogP) is 3.81. The number of hydrogen-bond donors (Lipinski definition) is 0. The Kier molecular flexibility index (Phi) is 3.67. The van der Waals surface area contributed by atoms with Crippen molar-refractivity contribution in [1.29, 1.82) is 0 Å². The lowest BCUT2D eigenvalue weighted by molar-refractivity contribution is 0.623. The van der Waals surface area contributed by atoms with Crippen molar-refractivity contribution in [1.82, 2.24) is 24.1 Å². The third kappa shape index (κ3) is 2.55. The highest BCUT2D eigenvalue weighted by atomic mass is 32.1. The number of nitrogens with zero attached hydrogens (tertiary/aromatic N) is 5. The van der Waals surface area contributed by atoms with Gasteiger partial charge in [-0.25, -0.2) is 15.0 Å². The van der Waals surface area contributed by atoms with E-state index in [0.29, 0.717) is 6.54 Å². The molecule has 4 rings (SSSR count). The Bertz CT molecular complexity index is 920. The molecule has 0 radical (unpaired) electrons. The second-order valence-electron chi connectivity index (χ2n) is 5.42. The number of imidazole rings is 2. The molecule has 0 amide bonds. The number of fused-ring (bicyclic) bond motifs is 1. The van der Waals surface area contributed by atoms with Crippen LogP contribution in [-0.4, -0.2) is 24.1 Å². The lowest BCUT2D eigenvalue weighted by Crippen LogP contribution is -2.09. The van der Waals surface area contributed by atoms with Gasteiger partial charge in [0.15, 0.2) is 5.65 Å². The van der Waals surface area contributed by atoms with E-state index in [1.54, 1.807) is 11.3 Å². The average Bonchev–Trinajstić information content (AvgIpc) is 3.28. The Morgan fingerprint density at radius 2 is 2.13 bits per heavy atom. The molecule has 0 atom stereocenters. The fraction of sp³-hybridized carbons (Fsp3) is 0.235. The molecule has 116 valence electrons. The fourth-order valence-corrected chi connectivity index (χ4v) is 3.46. The van der Waals surface area contributed by atoms with Gasteiger partial charge in [-0.15, -0.1) is 0 Å². The molecule has 0 spiro atoms. The van der Waals surface area contributed by atoms with E-state index in [0.717, 1.165) is 41.3 Å². The molecule has 4 aromatic heterocycles. The maximum absolute atomic E-state index is 4.78. The van der Waals surface area contributed by atoms with Gasteiger partial charge >= 0.3 is 0 Å². The molecular formula is C17H17N5S. The van der Waals surface area contributed by atoms with E-state index in [9.17, 15) is 0 Å². The molecular weight excluding hydrogens is 306 g/mol. The minimum absolute atomic E-state index is 0.696. The molecule has 0 aromatic carbocycles. The van der Waals surface area contributed by atoms with Gasteiger partial charge in [0.25, 0.3) is 0 Å². The number of hydrogen-bond acceptors (Lipinski definition) is 4. The largest absolute Gasteiger partial charge is 0.323 e. The van der Waals surface area contributed by atoms with E-state index < -0.39 is 0 Å². The Labute approximate surface area is 138 Å². The van der Waals surface area contributed by atoms with Crippen LogP contribution >= 0.6 is 11.3 Å². The summed E-state index contributed by atoms with van der Waals surface area (Å²) < 4.78 is 4.36. The maximum Gasteiger partial charge on any atom is 0.160 e. The SMILES string of the molecule is CCCn1c(Cn2ccnc2-c2ccsc2)nc2cccnc21. The summed E-state index contributed by atoms with van der Waals surface area (Å²) in [6.45, 7) is 3.79. The molecule has 0 aliphatic rings. The topological polar surface area (TPSA) is 48.5 Å². The average molecular weight is 323 g/mol. The van der Waals surface area contributed by atoms with Crippen LogP contribution in [0.15, 0.2) is 47.5 Å². The van der Waals surface area contributed by atoms with E-state index in [1.807, 2.05) is 30.7 Å². The first-order valence-electron chi connectivity index (χ1n) is 7.70. The van der Waals surface area contributed by atoms with Crippen LogP contribution in [0.25, 0.3) is 22.6 Å². The molecule has 0 saturated carbocycles. The molecule has 0 bridgehead atoms. The summed E-state index contributed by atoms with van der Waals surface area (Å²) in [7, 11) is 0. The first kappa shape index (κ1) is 14.1. The van der Waals surface area contributed by atoms with Crippen molar-refractivity contribution in [3.63, 3.8) is 0 Å². The van der Waals surface area contributed by atoms with Gasteiger partial charge in [0.05, 0.1) is 6.54 Å². The smallest absolute Gasteiger partial charge is 0.160 e. The van der Waals surface area contributed by atoms with Gasteiger partial charge in [-0.05, 0) is 30.0 Å². The molecule has 0 saturated heterocycles. The number of rotatable bonds is 5. The second-order valence-corrected chi connectivity index (χ2v) is 6.20. The zero-order valence-electron chi connectivity index (χ0n) is 12.9. The summed E-state index contributed by atoms with van der Waals surface area (Å²) in [6, 6.07) is 6.05. The van der Waals surface area contributed by atoms with Crippen LogP contribution in [0.1, 0.15) is 19.2 Å². The first-order chi connectivity index (χ1) is 11.4. The Balaban J connectivity index is 1.76. The third-order valence-electron chi connectivity index (χ3n) is 3.84. The summed E-state index contributed by atoms with van der Waals surface area (Å²) >= 11 is 1.68. The van der Waals surface area contributed by atoms with Crippen LogP contribution in [0.4, 0.5) is 0 Å². The molecule has 0 N–H and O–H groups in total. The van der Waals surface area contributed by atoms with Gasteiger partial charge in [0.2, 0.25) is 0 Å². The van der Waals surface area contributed by atoms with Crippen LogP contribution in [-0.2, 0) is 13.1 Å². The lowest BCUT2D eigenvalue weighted by Gasteiger charge is -2.09. The Hall–Kier alpha value is -2.47. The lowest BCUT2D eigenvalue weighted by atomic mass is 10.3.